The van der Waals surface area contributed by atoms with Gasteiger partial charge in [-0.2, -0.15) is 0 Å². The van der Waals surface area contributed by atoms with Crippen LogP contribution in [0.15, 0.2) is 23.6 Å². The first kappa shape index (κ1) is 11.7. The molecule has 2 aromatic rings. The molecule has 1 amide bonds. The summed E-state index contributed by atoms with van der Waals surface area (Å²) in [7, 11) is 0. The van der Waals surface area contributed by atoms with Crippen LogP contribution in [0.2, 0.25) is 0 Å². The smallest absolute Gasteiger partial charge is 0.268 e. The van der Waals surface area contributed by atoms with Crippen molar-refractivity contribution in [3.8, 4) is 0 Å². The second-order valence-corrected chi connectivity index (χ2v) is 4.35. The fraction of sp³-hybridized carbons (Fsp3) is 0.0909. The number of hydrogen-bond acceptors (Lipinski definition) is 3. The zero-order valence-electron chi connectivity index (χ0n) is 8.61. The molecule has 2 rings (SSSR count). The molecule has 0 saturated carbocycles. The fourth-order valence-corrected chi connectivity index (χ4v) is 2.14. The molecule has 0 aliphatic carbocycles. The number of amides is 1. The van der Waals surface area contributed by atoms with Crippen LogP contribution < -0.4 is 5.73 Å². The van der Waals surface area contributed by atoms with E-state index in [2.05, 4.69) is 4.98 Å². The highest BCUT2D eigenvalue weighted by Gasteiger charge is 2.10. The largest absolute Gasteiger partial charge is 0.364 e. The van der Waals surface area contributed by atoms with Gasteiger partial charge in [0.25, 0.3) is 5.91 Å². The van der Waals surface area contributed by atoms with Gasteiger partial charge in [0.05, 0.1) is 5.01 Å². The molecule has 1 aromatic carbocycles. The number of carbonyl (C=O) groups is 1. The van der Waals surface area contributed by atoms with Gasteiger partial charge in [-0.05, 0) is 11.6 Å². The molecule has 1 aromatic heterocycles. The lowest BCUT2D eigenvalue weighted by atomic mass is 10.1. The van der Waals surface area contributed by atoms with Crippen molar-refractivity contribution in [3.63, 3.8) is 0 Å². The first-order valence-corrected chi connectivity index (χ1v) is 5.62. The third kappa shape index (κ3) is 2.65. The predicted molar refractivity (Wildman–Crippen MR) is 59.8 cm³/mol. The molecular formula is C11H8F2N2OS. The number of thiazole rings is 1. The molecule has 2 N–H and O–H groups in total. The summed E-state index contributed by atoms with van der Waals surface area (Å²) in [5.74, 6) is -1.86. The summed E-state index contributed by atoms with van der Waals surface area (Å²) >= 11 is 1.21. The maximum absolute atomic E-state index is 13.3. The number of hydrogen-bond donors (Lipinski definition) is 1. The maximum Gasteiger partial charge on any atom is 0.268 e. The third-order valence-electron chi connectivity index (χ3n) is 2.16. The van der Waals surface area contributed by atoms with Crippen molar-refractivity contribution in [2.75, 3.05) is 0 Å². The zero-order valence-corrected chi connectivity index (χ0v) is 9.43. The van der Waals surface area contributed by atoms with Gasteiger partial charge in [-0.3, -0.25) is 4.79 Å². The number of halogens is 2. The molecule has 88 valence electrons. The number of primary amides is 1. The molecular weight excluding hydrogens is 246 g/mol. The zero-order chi connectivity index (χ0) is 12.4. The molecule has 17 heavy (non-hydrogen) atoms. The van der Waals surface area contributed by atoms with Crippen molar-refractivity contribution in [2.24, 2.45) is 5.73 Å². The maximum atomic E-state index is 13.3. The van der Waals surface area contributed by atoms with E-state index in [9.17, 15) is 13.6 Å². The minimum absolute atomic E-state index is 0.160. The van der Waals surface area contributed by atoms with E-state index >= 15 is 0 Å². The Morgan fingerprint density at radius 2 is 2.18 bits per heavy atom. The van der Waals surface area contributed by atoms with Gasteiger partial charge in [-0.15, -0.1) is 11.3 Å². The van der Waals surface area contributed by atoms with Crippen LogP contribution in [-0.4, -0.2) is 10.9 Å². The van der Waals surface area contributed by atoms with Crippen LogP contribution in [0.5, 0.6) is 0 Å². The highest BCUT2D eigenvalue weighted by Crippen LogP contribution is 2.17. The molecule has 0 aliphatic rings. The molecule has 1 heterocycles. The molecule has 0 spiro atoms. The number of rotatable bonds is 3. The average Bonchev–Trinajstić information content (AvgIpc) is 2.71. The first-order valence-electron chi connectivity index (χ1n) is 4.74. The summed E-state index contributed by atoms with van der Waals surface area (Å²) in [5.41, 5.74) is 5.54. The Morgan fingerprint density at radius 1 is 1.41 bits per heavy atom. The molecule has 0 fully saturated rings. The van der Waals surface area contributed by atoms with Crippen molar-refractivity contribution in [3.05, 3.63) is 51.5 Å². The quantitative estimate of drug-likeness (QED) is 0.912. The van der Waals surface area contributed by atoms with Crippen LogP contribution in [0.1, 0.15) is 21.1 Å². The van der Waals surface area contributed by atoms with Crippen molar-refractivity contribution >= 4 is 17.2 Å². The molecule has 0 saturated heterocycles. The van der Waals surface area contributed by atoms with E-state index in [4.69, 9.17) is 5.73 Å². The van der Waals surface area contributed by atoms with Crippen LogP contribution in [0, 0.1) is 11.6 Å². The Hall–Kier alpha value is -1.82. The van der Waals surface area contributed by atoms with Gasteiger partial charge in [0.1, 0.15) is 17.3 Å². The van der Waals surface area contributed by atoms with Crippen LogP contribution in [-0.2, 0) is 6.42 Å². The summed E-state index contributed by atoms with van der Waals surface area (Å²) in [5, 5.41) is 2.07. The van der Waals surface area contributed by atoms with Crippen molar-refractivity contribution in [1.82, 2.24) is 4.98 Å². The highest BCUT2D eigenvalue weighted by atomic mass is 32.1. The van der Waals surface area contributed by atoms with E-state index in [-0.39, 0.29) is 12.1 Å². The second kappa shape index (κ2) is 4.58. The van der Waals surface area contributed by atoms with Gasteiger partial charge in [0.15, 0.2) is 0 Å². The Balaban J connectivity index is 2.22. The predicted octanol–water partition coefficient (Wildman–Crippen LogP) is 2.11. The lowest BCUT2D eigenvalue weighted by Crippen LogP contribution is -2.11. The van der Waals surface area contributed by atoms with Crippen LogP contribution in [0.25, 0.3) is 0 Å². The molecule has 0 aliphatic heterocycles. The Kier molecular flexibility index (Phi) is 3.14. The van der Waals surface area contributed by atoms with E-state index in [1.807, 2.05) is 0 Å². The molecule has 0 atom stereocenters. The Morgan fingerprint density at radius 3 is 2.76 bits per heavy atom. The molecule has 3 nitrogen and oxygen atoms in total. The van der Waals surface area contributed by atoms with E-state index in [1.54, 1.807) is 0 Å². The van der Waals surface area contributed by atoms with Crippen LogP contribution in [0.4, 0.5) is 8.78 Å². The van der Waals surface area contributed by atoms with Gasteiger partial charge in [0.2, 0.25) is 0 Å². The molecule has 6 heteroatoms. The minimum atomic E-state index is -0.624. The normalized spacial score (nSPS) is 10.5. The molecule has 0 bridgehead atoms. The summed E-state index contributed by atoms with van der Waals surface area (Å²) < 4.78 is 26.0. The number of nitrogens with two attached hydrogens (primary N) is 1. The summed E-state index contributed by atoms with van der Waals surface area (Å²) in [6, 6.07) is 3.36. The first-order chi connectivity index (χ1) is 8.06. The van der Waals surface area contributed by atoms with Gasteiger partial charge in [-0.25, -0.2) is 13.8 Å². The van der Waals surface area contributed by atoms with Gasteiger partial charge in [0, 0.05) is 17.9 Å². The Labute approximate surface area is 99.9 Å². The summed E-state index contributed by atoms with van der Waals surface area (Å²) in [6.45, 7) is 0. The second-order valence-electron chi connectivity index (χ2n) is 3.40. The fourth-order valence-electron chi connectivity index (χ4n) is 1.33. The number of aromatic nitrogens is 1. The number of carbonyl (C=O) groups excluding carboxylic acids is 1. The third-order valence-corrected chi connectivity index (χ3v) is 3.01. The van der Waals surface area contributed by atoms with Gasteiger partial charge >= 0.3 is 0 Å². The average molecular weight is 254 g/mol. The van der Waals surface area contributed by atoms with Crippen molar-refractivity contribution < 1.29 is 13.6 Å². The number of benzene rings is 1. The van der Waals surface area contributed by atoms with E-state index in [0.29, 0.717) is 10.6 Å². The lowest BCUT2D eigenvalue weighted by Gasteiger charge is -2.00. The summed E-state index contributed by atoms with van der Waals surface area (Å²) in [6.07, 6.45) is 0.212. The van der Waals surface area contributed by atoms with Crippen molar-refractivity contribution in [2.45, 2.75) is 6.42 Å². The van der Waals surface area contributed by atoms with E-state index < -0.39 is 17.5 Å². The van der Waals surface area contributed by atoms with Crippen molar-refractivity contribution in [1.29, 1.82) is 0 Å². The van der Waals surface area contributed by atoms with Crippen LogP contribution >= 0.6 is 11.3 Å². The summed E-state index contributed by atoms with van der Waals surface area (Å²) in [4.78, 5) is 14.8. The van der Waals surface area contributed by atoms with Gasteiger partial charge < -0.3 is 5.73 Å². The highest BCUT2D eigenvalue weighted by molar-refractivity contribution is 7.09. The minimum Gasteiger partial charge on any atom is -0.364 e. The molecule has 0 unspecified atom stereocenters. The molecule has 0 radical (unpaired) electrons. The van der Waals surface area contributed by atoms with Crippen LogP contribution in [0.3, 0.4) is 0 Å². The van der Waals surface area contributed by atoms with Gasteiger partial charge in [-0.1, -0.05) is 6.07 Å². The standard InChI is InChI=1S/C11H8F2N2OS/c12-7-2-1-6(8(13)4-7)3-10-15-9(5-17-10)11(14)16/h1-2,4-5H,3H2,(H2,14,16). The number of nitrogens with zero attached hydrogens (tertiary/aromatic N) is 1. The SMILES string of the molecule is NC(=O)c1csc(Cc2ccc(F)cc2F)n1. The van der Waals surface area contributed by atoms with E-state index in [0.717, 1.165) is 6.07 Å². The van der Waals surface area contributed by atoms with E-state index in [1.165, 1.54) is 28.8 Å². The lowest BCUT2D eigenvalue weighted by molar-refractivity contribution is 0.0996. The topological polar surface area (TPSA) is 56.0 Å². The monoisotopic (exact) mass is 254 g/mol. The Bertz CT molecular complexity index is 568.